The lowest BCUT2D eigenvalue weighted by Gasteiger charge is -2.57. The van der Waals surface area contributed by atoms with Crippen LogP contribution < -0.4 is 0 Å². The zero-order valence-electron chi connectivity index (χ0n) is 43.1. The third-order valence-corrected chi connectivity index (χ3v) is 19.7. The maximum Gasteiger partial charge on any atom is 0.159 e. The summed E-state index contributed by atoms with van der Waals surface area (Å²) in [6, 6.07) is 9.42. The summed E-state index contributed by atoms with van der Waals surface area (Å²) in [5.74, 6) is -0.237. The Morgan fingerprint density at radius 3 is 1.14 bits per heavy atom. The summed E-state index contributed by atoms with van der Waals surface area (Å²) < 4.78 is 66.4. The largest absolute Gasteiger partial charge is 0.380 e. The van der Waals surface area contributed by atoms with Gasteiger partial charge in [-0.15, -0.1) is 0 Å². The van der Waals surface area contributed by atoms with E-state index in [4.69, 9.17) is 4.74 Å². The summed E-state index contributed by atoms with van der Waals surface area (Å²) in [5.41, 5.74) is 0.684. The Bertz CT molecular complexity index is 1840. The van der Waals surface area contributed by atoms with Crippen LogP contribution in [0.4, 0.5) is 17.6 Å². The average molecular weight is 951 g/mol. The van der Waals surface area contributed by atoms with Gasteiger partial charge in [0, 0.05) is 22.7 Å². The highest BCUT2D eigenvalue weighted by molar-refractivity contribution is 5.46. The molecule has 0 N–H and O–H groups in total. The molecule has 0 bridgehead atoms. The highest BCUT2D eigenvalue weighted by atomic mass is 19.2. The molecule has 2 aromatic rings. The van der Waals surface area contributed by atoms with Crippen LogP contribution in [0.2, 0.25) is 0 Å². The summed E-state index contributed by atoms with van der Waals surface area (Å²) in [6.45, 7) is 5.64. The number of unbranched alkanes of at least 4 members (excludes halogenated alkanes) is 8. The minimum atomic E-state index is -0.784. The van der Waals surface area contributed by atoms with Gasteiger partial charge in [0.25, 0.3) is 0 Å². The normalized spacial score (nSPS) is 31.0. The van der Waals surface area contributed by atoms with Crippen LogP contribution in [0.5, 0.6) is 0 Å². The average Bonchev–Trinajstić information content (AvgIpc) is 3.39. The highest BCUT2D eigenvalue weighted by Gasteiger charge is 2.56. The highest BCUT2D eigenvalue weighted by Crippen LogP contribution is 2.63. The maximum absolute atomic E-state index is 15.3. The molecule has 0 amide bonds. The minimum Gasteiger partial charge on any atom is -0.380 e. The van der Waals surface area contributed by atoms with Gasteiger partial charge < -0.3 is 4.74 Å². The van der Waals surface area contributed by atoms with E-state index < -0.39 is 34.1 Å². The fraction of sp³-hybridized carbons (Fsp3) is 0.688. The molecule has 380 valence electrons. The molecule has 0 unspecified atom stereocenters. The number of ether oxygens (including phenoxy) is 1. The number of rotatable bonds is 22. The van der Waals surface area contributed by atoms with Gasteiger partial charge >= 0.3 is 0 Å². The van der Waals surface area contributed by atoms with Crippen LogP contribution in [0, 0.1) is 69.6 Å². The fourth-order valence-corrected chi connectivity index (χ4v) is 15.8. The minimum absolute atomic E-state index is 0.0407. The monoisotopic (exact) mass is 951 g/mol. The number of hydrogen-bond acceptors (Lipinski definition) is 1. The molecule has 0 heterocycles. The van der Waals surface area contributed by atoms with Crippen LogP contribution in [-0.2, 0) is 15.6 Å². The van der Waals surface area contributed by atoms with Crippen molar-refractivity contribution in [1.82, 2.24) is 0 Å². The molecule has 0 radical (unpaired) electrons. The van der Waals surface area contributed by atoms with Crippen molar-refractivity contribution in [3.8, 4) is 0 Å². The van der Waals surface area contributed by atoms with Crippen molar-refractivity contribution in [3.63, 3.8) is 0 Å². The number of benzene rings is 2. The first-order valence-corrected chi connectivity index (χ1v) is 28.9. The van der Waals surface area contributed by atoms with Crippen LogP contribution in [-0.4, -0.2) is 13.2 Å². The van der Waals surface area contributed by atoms with E-state index in [2.05, 4.69) is 62.5 Å². The van der Waals surface area contributed by atoms with E-state index in [1.54, 1.807) is 0 Å². The van der Waals surface area contributed by atoms with E-state index in [0.717, 1.165) is 48.6 Å². The molecule has 5 heteroatoms. The van der Waals surface area contributed by atoms with Crippen LogP contribution in [0.1, 0.15) is 218 Å². The van der Waals surface area contributed by atoms with Crippen molar-refractivity contribution in [2.75, 3.05) is 13.2 Å². The van der Waals surface area contributed by atoms with Crippen molar-refractivity contribution in [2.45, 2.75) is 217 Å². The molecular formula is C64H90F4O. The molecule has 6 aliphatic rings. The molecule has 0 saturated heterocycles. The first-order chi connectivity index (χ1) is 33.7. The summed E-state index contributed by atoms with van der Waals surface area (Å²) in [5, 5.41) is 0. The van der Waals surface area contributed by atoms with Gasteiger partial charge in [-0.25, -0.2) is 17.6 Å². The second-order valence-corrected chi connectivity index (χ2v) is 23.6. The van der Waals surface area contributed by atoms with Crippen LogP contribution in [0.3, 0.4) is 0 Å². The number of hydrogen-bond donors (Lipinski definition) is 0. The summed E-state index contributed by atoms with van der Waals surface area (Å²) >= 11 is 0. The molecule has 0 atom stereocenters. The van der Waals surface area contributed by atoms with Crippen molar-refractivity contribution >= 4 is 0 Å². The molecule has 0 aromatic heterocycles. The smallest absolute Gasteiger partial charge is 0.159 e. The van der Waals surface area contributed by atoms with Gasteiger partial charge in [0.15, 0.2) is 23.3 Å². The lowest BCUT2D eigenvalue weighted by Crippen LogP contribution is -2.51. The zero-order chi connectivity index (χ0) is 48.2. The number of allylic oxidation sites excluding steroid dienone is 4. The van der Waals surface area contributed by atoms with E-state index in [1.807, 2.05) is 12.1 Å². The number of halogens is 4. The molecule has 0 aliphatic heterocycles. The van der Waals surface area contributed by atoms with Gasteiger partial charge in [0.1, 0.15) is 0 Å². The Hall–Kier alpha value is -2.92. The van der Waals surface area contributed by atoms with E-state index in [1.165, 1.54) is 191 Å². The van der Waals surface area contributed by atoms with E-state index in [0.29, 0.717) is 25.0 Å². The van der Waals surface area contributed by atoms with Crippen molar-refractivity contribution in [1.29, 1.82) is 0 Å². The zero-order valence-corrected chi connectivity index (χ0v) is 43.1. The quantitative estimate of drug-likeness (QED) is 0.0649. The van der Waals surface area contributed by atoms with Gasteiger partial charge in [-0.3, -0.25) is 0 Å². The van der Waals surface area contributed by atoms with Gasteiger partial charge in [-0.2, -0.15) is 0 Å². The molecular weight excluding hydrogens is 861 g/mol. The van der Waals surface area contributed by atoms with Crippen LogP contribution in [0.15, 0.2) is 85.0 Å². The molecule has 6 aliphatic carbocycles. The topological polar surface area (TPSA) is 9.23 Å². The molecule has 4 saturated carbocycles. The Balaban J connectivity index is 0.963. The third-order valence-electron chi connectivity index (χ3n) is 19.7. The first kappa shape index (κ1) is 52.4. The third kappa shape index (κ3) is 11.7. The second kappa shape index (κ2) is 24.7. The predicted octanol–water partition coefficient (Wildman–Crippen LogP) is 19.2. The lowest BCUT2D eigenvalue weighted by atomic mass is 9.46. The van der Waals surface area contributed by atoms with Gasteiger partial charge in [-0.1, -0.05) is 216 Å². The first-order valence-electron chi connectivity index (χ1n) is 28.9. The molecule has 8 rings (SSSR count). The Kier molecular flexibility index (Phi) is 18.7. The van der Waals surface area contributed by atoms with E-state index in [-0.39, 0.29) is 22.7 Å². The summed E-state index contributed by atoms with van der Waals surface area (Å²) in [7, 11) is 0. The molecule has 1 nitrogen and oxygen atoms in total. The Morgan fingerprint density at radius 1 is 0.435 bits per heavy atom. The van der Waals surface area contributed by atoms with E-state index in [9.17, 15) is 8.78 Å². The van der Waals surface area contributed by atoms with E-state index >= 15 is 8.78 Å². The molecule has 0 spiro atoms. The molecule has 69 heavy (non-hydrogen) atoms. The Morgan fingerprint density at radius 2 is 0.797 bits per heavy atom. The molecule has 2 aromatic carbocycles. The maximum atomic E-state index is 15.3. The van der Waals surface area contributed by atoms with Crippen LogP contribution >= 0.6 is 0 Å². The SMILES string of the molecule is CCCCCCCC1CCC(C2(C3(c4ccc(F)c(F)c4)C=CC(COCC4C=CC(c5ccc(F)c(F)c5)(C5(C6CCC(CCCCCCC)CC6)CCCCC5)C=C4)C=C3)CCCCC2)CC1. The summed E-state index contributed by atoms with van der Waals surface area (Å²) in [6.07, 6.45) is 56.5. The summed E-state index contributed by atoms with van der Waals surface area (Å²) in [4.78, 5) is 0. The second-order valence-electron chi connectivity index (χ2n) is 23.6. The Labute approximate surface area is 416 Å². The van der Waals surface area contributed by atoms with Crippen molar-refractivity contribution < 1.29 is 22.3 Å². The van der Waals surface area contributed by atoms with Gasteiger partial charge in [0.2, 0.25) is 0 Å². The van der Waals surface area contributed by atoms with Crippen molar-refractivity contribution in [2.24, 2.45) is 46.3 Å². The fourth-order valence-electron chi connectivity index (χ4n) is 15.8. The lowest BCUT2D eigenvalue weighted by molar-refractivity contribution is 0.00994. The van der Waals surface area contributed by atoms with Crippen molar-refractivity contribution in [3.05, 3.63) is 119 Å². The standard InChI is InChI=1S/C64H90F4O/c1-3-5-7-9-13-19-49-21-25-53(26-22-49)61(37-15-11-16-38-61)63(55-29-31-57(65)59(67)45-55)41-33-51(34-42-63)47-69-48-52-35-43-64(44-36-52,56-30-32-58(66)60(68)46-56)62(39-17-12-18-40-62)54-27-23-50(24-28-54)20-14-10-8-6-4-2/h29-36,41-46,49-54H,3-28,37-40,47-48H2,1-2H3. The van der Waals surface area contributed by atoms with Crippen LogP contribution in [0.25, 0.3) is 0 Å². The molecule has 4 fully saturated rings. The predicted molar refractivity (Wildman–Crippen MR) is 279 cm³/mol. The van der Waals surface area contributed by atoms with Gasteiger partial charge in [-0.05, 0) is 121 Å². The van der Waals surface area contributed by atoms with Gasteiger partial charge in [0.05, 0.1) is 13.2 Å².